The van der Waals surface area contributed by atoms with Crippen molar-refractivity contribution in [3.8, 4) is 16.3 Å². The van der Waals surface area contributed by atoms with Crippen molar-refractivity contribution in [2.45, 2.75) is 33.3 Å². The maximum Gasteiger partial charge on any atom is 0.273 e. The second kappa shape index (κ2) is 7.14. The van der Waals surface area contributed by atoms with Crippen LogP contribution in [0.25, 0.3) is 10.6 Å². The van der Waals surface area contributed by atoms with Gasteiger partial charge in [-0.05, 0) is 56.5 Å². The van der Waals surface area contributed by atoms with Crippen molar-refractivity contribution < 1.29 is 9.53 Å². The molecule has 3 rings (SSSR count). The van der Waals surface area contributed by atoms with Crippen LogP contribution in [0.2, 0.25) is 0 Å². The summed E-state index contributed by atoms with van der Waals surface area (Å²) in [6.07, 6.45) is 1.10. The number of hydrogen-bond acceptors (Lipinski definition) is 5. The Morgan fingerprint density at radius 2 is 2.12 bits per heavy atom. The average Bonchev–Trinajstić information content (AvgIpc) is 3.22. The third-order valence-electron chi connectivity index (χ3n) is 4.53. The normalized spacial score (nSPS) is 20.3. The van der Waals surface area contributed by atoms with Gasteiger partial charge in [-0.3, -0.25) is 4.79 Å². The molecule has 0 spiro atoms. The Kier molecular flexibility index (Phi) is 5.11. The number of hydrogen-bond donors (Lipinski definition) is 1. The number of nitrogens with zero attached hydrogens (tertiary/aromatic N) is 2. The van der Waals surface area contributed by atoms with Gasteiger partial charge in [-0.25, -0.2) is 4.98 Å². The van der Waals surface area contributed by atoms with Crippen molar-refractivity contribution in [3.63, 3.8) is 0 Å². The van der Waals surface area contributed by atoms with Gasteiger partial charge in [0, 0.05) is 24.0 Å². The van der Waals surface area contributed by atoms with Crippen LogP contribution in [0, 0.1) is 5.41 Å². The molecule has 1 aliphatic rings. The van der Waals surface area contributed by atoms with Crippen LogP contribution in [0.3, 0.4) is 0 Å². The van der Waals surface area contributed by atoms with E-state index in [1.54, 1.807) is 0 Å². The number of ether oxygens (including phenoxy) is 1. The van der Waals surface area contributed by atoms with E-state index < -0.39 is 0 Å². The number of likely N-dealkylation sites (tertiary alicyclic amines) is 1. The smallest absolute Gasteiger partial charge is 0.273 e. The number of aromatic nitrogens is 1. The van der Waals surface area contributed by atoms with Crippen LogP contribution in [-0.2, 0) is 0 Å². The van der Waals surface area contributed by atoms with E-state index in [1.807, 2.05) is 48.4 Å². The van der Waals surface area contributed by atoms with Gasteiger partial charge in [-0.2, -0.15) is 0 Å². The standard InChI is InChI=1S/C19H25N3O2S/c1-13(2)24-15-6-4-14(5-7-15)17-21-16(10-25-17)18(23)22-9-8-19(3,11-20)12-22/h4-7,10,13H,8-9,11-12,20H2,1-3H3. The third-order valence-corrected chi connectivity index (χ3v) is 5.43. The summed E-state index contributed by atoms with van der Waals surface area (Å²) in [5.74, 6) is 0.837. The summed E-state index contributed by atoms with van der Waals surface area (Å²) in [5, 5.41) is 2.69. The molecule has 0 saturated carbocycles. The minimum atomic E-state index is -0.000522. The maximum absolute atomic E-state index is 12.7. The van der Waals surface area contributed by atoms with Crippen LogP contribution in [0.15, 0.2) is 29.6 Å². The van der Waals surface area contributed by atoms with Gasteiger partial charge in [0.05, 0.1) is 6.10 Å². The van der Waals surface area contributed by atoms with Crippen LogP contribution >= 0.6 is 11.3 Å². The molecular weight excluding hydrogens is 334 g/mol. The predicted octanol–water partition coefficient (Wildman–Crippen LogP) is 3.41. The lowest BCUT2D eigenvalue weighted by atomic mass is 9.90. The summed E-state index contributed by atoms with van der Waals surface area (Å²) in [4.78, 5) is 19.1. The Morgan fingerprint density at radius 3 is 2.72 bits per heavy atom. The number of carbonyl (C=O) groups is 1. The molecule has 2 aromatic rings. The fourth-order valence-electron chi connectivity index (χ4n) is 2.98. The molecule has 1 atom stereocenters. The van der Waals surface area contributed by atoms with Crippen molar-refractivity contribution >= 4 is 17.2 Å². The average molecular weight is 359 g/mol. The highest BCUT2D eigenvalue weighted by molar-refractivity contribution is 7.13. The lowest BCUT2D eigenvalue weighted by Crippen LogP contribution is -2.34. The number of nitrogens with two attached hydrogens (primary N) is 1. The summed E-state index contributed by atoms with van der Waals surface area (Å²) < 4.78 is 5.66. The number of carbonyl (C=O) groups excluding carboxylic acids is 1. The van der Waals surface area contributed by atoms with Crippen molar-refractivity contribution in [3.05, 3.63) is 35.3 Å². The Bertz CT molecular complexity index is 741. The Morgan fingerprint density at radius 1 is 1.40 bits per heavy atom. The van der Waals surface area contributed by atoms with E-state index in [0.29, 0.717) is 18.8 Å². The van der Waals surface area contributed by atoms with Gasteiger partial charge in [0.1, 0.15) is 16.5 Å². The first-order valence-electron chi connectivity index (χ1n) is 8.62. The number of benzene rings is 1. The molecule has 1 saturated heterocycles. The SMILES string of the molecule is CC(C)Oc1ccc(-c2nc(C(=O)N3CCC(C)(CN)C3)cs2)cc1. The van der Waals surface area contributed by atoms with Crippen molar-refractivity contribution in [2.75, 3.05) is 19.6 Å². The zero-order valence-corrected chi connectivity index (χ0v) is 15.8. The first-order valence-corrected chi connectivity index (χ1v) is 9.50. The van der Waals surface area contributed by atoms with E-state index in [9.17, 15) is 4.79 Å². The Hall–Kier alpha value is -1.92. The second-order valence-electron chi connectivity index (χ2n) is 7.22. The highest BCUT2D eigenvalue weighted by atomic mass is 32.1. The first-order chi connectivity index (χ1) is 11.9. The molecule has 0 bridgehead atoms. The lowest BCUT2D eigenvalue weighted by Gasteiger charge is -2.22. The fourth-order valence-corrected chi connectivity index (χ4v) is 3.78. The van der Waals surface area contributed by atoms with Gasteiger partial charge in [0.15, 0.2) is 0 Å². The number of amides is 1. The van der Waals surface area contributed by atoms with Crippen molar-refractivity contribution in [2.24, 2.45) is 11.1 Å². The quantitative estimate of drug-likeness (QED) is 0.888. The zero-order chi connectivity index (χ0) is 18.0. The molecule has 1 aromatic heterocycles. The summed E-state index contributed by atoms with van der Waals surface area (Å²) in [7, 11) is 0. The van der Waals surface area contributed by atoms with E-state index in [2.05, 4.69) is 11.9 Å². The molecule has 0 radical (unpaired) electrons. The van der Waals surface area contributed by atoms with E-state index in [4.69, 9.17) is 10.5 Å². The summed E-state index contributed by atoms with van der Waals surface area (Å²) in [5.41, 5.74) is 7.37. The molecule has 2 N–H and O–H groups in total. The third kappa shape index (κ3) is 4.02. The molecule has 2 heterocycles. The molecule has 6 heteroatoms. The van der Waals surface area contributed by atoms with Gasteiger partial charge in [-0.15, -0.1) is 11.3 Å². The number of rotatable bonds is 5. The fraction of sp³-hybridized carbons (Fsp3) is 0.474. The molecule has 1 fully saturated rings. The van der Waals surface area contributed by atoms with Gasteiger partial charge >= 0.3 is 0 Å². The summed E-state index contributed by atoms with van der Waals surface area (Å²) in [6.45, 7) is 8.19. The van der Waals surface area contributed by atoms with Crippen LogP contribution in [-0.4, -0.2) is 41.5 Å². The molecule has 1 unspecified atom stereocenters. The lowest BCUT2D eigenvalue weighted by molar-refractivity contribution is 0.0772. The predicted molar refractivity (Wildman–Crippen MR) is 101 cm³/mol. The summed E-state index contributed by atoms with van der Waals surface area (Å²) in [6, 6.07) is 7.83. The summed E-state index contributed by atoms with van der Waals surface area (Å²) >= 11 is 1.49. The van der Waals surface area contributed by atoms with Crippen molar-refractivity contribution in [1.82, 2.24) is 9.88 Å². The van der Waals surface area contributed by atoms with Crippen LogP contribution in [0.5, 0.6) is 5.75 Å². The van der Waals surface area contributed by atoms with Gasteiger partial charge < -0.3 is 15.4 Å². The van der Waals surface area contributed by atoms with E-state index in [0.717, 1.165) is 29.3 Å². The maximum atomic E-state index is 12.7. The van der Waals surface area contributed by atoms with Crippen LogP contribution in [0.1, 0.15) is 37.7 Å². The van der Waals surface area contributed by atoms with E-state index in [-0.39, 0.29) is 17.4 Å². The van der Waals surface area contributed by atoms with Crippen LogP contribution < -0.4 is 10.5 Å². The molecule has 1 aliphatic heterocycles. The van der Waals surface area contributed by atoms with Gasteiger partial charge in [0.2, 0.25) is 0 Å². The molecule has 1 amide bonds. The van der Waals surface area contributed by atoms with Gasteiger partial charge in [-0.1, -0.05) is 6.92 Å². The Labute approximate surface area is 152 Å². The largest absolute Gasteiger partial charge is 0.491 e. The van der Waals surface area contributed by atoms with E-state index >= 15 is 0 Å². The Balaban J connectivity index is 1.71. The monoisotopic (exact) mass is 359 g/mol. The molecule has 134 valence electrons. The van der Waals surface area contributed by atoms with Crippen molar-refractivity contribution in [1.29, 1.82) is 0 Å². The highest BCUT2D eigenvalue weighted by Gasteiger charge is 2.35. The first kappa shape index (κ1) is 17.9. The molecular formula is C19H25N3O2S. The molecule has 25 heavy (non-hydrogen) atoms. The topological polar surface area (TPSA) is 68.5 Å². The van der Waals surface area contributed by atoms with Gasteiger partial charge in [0.25, 0.3) is 5.91 Å². The van der Waals surface area contributed by atoms with E-state index in [1.165, 1.54) is 11.3 Å². The zero-order valence-electron chi connectivity index (χ0n) is 15.0. The number of thiazole rings is 1. The van der Waals surface area contributed by atoms with Crippen LogP contribution in [0.4, 0.5) is 0 Å². The highest BCUT2D eigenvalue weighted by Crippen LogP contribution is 2.31. The molecule has 0 aliphatic carbocycles. The second-order valence-corrected chi connectivity index (χ2v) is 8.08. The molecule has 5 nitrogen and oxygen atoms in total. The minimum Gasteiger partial charge on any atom is -0.491 e. The molecule has 1 aromatic carbocycles. The minimum absolute atomic E-state index is 0.000522.